The molecule has 0 aliphatic rings. The van der Waals surface area contributed by atoms with Gasteiger partial charge in [0.25, 0.3) is 0 Å². The molecule has 0 fully saturated rings. The van der Waals surface area contributed by atoms with E-state index >= 15 is 0 Å². The van der Waals surface area contributed by atoms with Gasteiger partial charge in [0.15, 0.2) is 5.78 Å². The van der Waals surface area contributed by atoms with Gasteiger partial charge in [0.1, 0.15) is 4.32 Å². The van der Waals surface area contributed by atoms with Crippen LogP contribution >= 0.6 is 24.0 Å². The largest absolute Gasteiger partial charge is 0.399 e. The molecule has 0 saturated carbocycles. The monoisotopic (exact) mass is 254 g/mol. The zero-order valence-electron chi connectivity index (χ0n) is 9.27. The van der Waals surface area contributed by atoms with E-state index < -0.39 is 0 Å². The molecule has 2 N–H and O–H groups in total. The first-order valence-electron chi connectivity index (χ1n) is 4.73. The Bertz CT molecular complexity index is 387. The number of ketones is 1. The van der Waals surface area contributed by atoms with Crippen molar-refractivity contribution in [1.29, 1.82) is 0 Å². The number of carbonyl (C=O) groups is 1. The number of anilines is 1. The Morgan fingerprint density at radius 1 is 1.38 bits per heavy atom. The van der Waals surface area contributed by atoms with Gasteiger partial charge in [-0.3, -0.25) is 4.79 Å². The molecule has 0 spiro atoms. The lowest BCUT2D eigenvalue weighted by Crippen LogP contribution is -2.18. The van der Waals surface area contributed by atoms with E-state index in [0.29, 0.717) is 21.3 Å². The van der Waals surface area contributed by atoms with Crippen molar-refractivity contribution in [3.05, 3.63) is 29.8 Å². The van der Waals surface area contributed by atoms with Crippen LogP contribution in [0.15, 0.2) is 24.3 Å². The van der Waals surface area contributed by atoms with Crippen molar-refractivity contribution in [3.8, 4) is 0 Å². The van der Waals surface area contributed by atoms with Gasteiger partial charge in [-0.1, -0.05) is 24.0 Å². The second-order valence-electron chi connectivity index (χ2n) is 3.49. The minimum Gasteiger partial charge on any atom is -0.399 e. The van der Waals surface area contributed by atoms with Crippen LogP contribution in [-0.2, 0) is 0 Å². The average Bonchev–Trinajstić information content (AvgIpc) is 2.26. The van der Waals surface area contributed by atoms with E-state index in [1.807, 2.05) is 19.0 Å². The highest BCUT2D eigenvalue weighted by molar-refractivity contribution is 8.23. The summed E-state index contributed by atoms with van der Waals surface area (Å²) >= 11 is 6.45. The number of Topliss-reactive ketones (excluding diaryl/α,β-unsaturated/α-hetero) is 1. The van der Waals surface area contributed by atoms with Crippen molar-refractivity contribution in [2.45, 2.75) is 0 Å². The molecule has 0 saturated heterocycles. The van der Waals surface area contributed by atoms with Gasteiger partial charge in [-0.15, -0.1) is 0 Å². The fourth-order valence-electron chi connectivity index (χ4n) is 1.01. The summed E-state index contributed by atoms with van der Waals surface area (Å²) in [6, 6.07) is 6.91. The molecule has 0 radical (unpaired) electrons. The number of nitrogens with two attached hydrogens (primary N) is 1. The molecule has 0 aromatic heterocycles. The SMILES string of the molecule is CN(C)C(=S)SCC(=O)c1ccc(N)cc1. The summed E-state index contributed by atoms with van der Waals surface area (Å²) in [5.41, 5.74) is 6.87. The van der Waals surface area contributed by atoms with E-state index in [4.69, 9.17) is 18.0 Å². The topological polar surface area (TPSA) is 46.3 Å². The molecule has 86 valence electrons. The Labute approximate surface area is 105 Å². The molecule has 1 aromatic carbocycles. The maximum absolute atomic E-state index is 11.7. The van der Waals surface area contributed by atoms with Crippen molar-refractivity contribution in [2.24, 2.45) is 0 Å². The number of thiocarbonyl (C=S) groups is 1. The fraction of sp³-hybridized carbons (Fsp3) is 0.273. The lowest BCUT2D eigenvalue weighted by atomic mass is 10.1. The predicted molar refractivity (Wildman–Crippen MR) is 73.9 cm³/mol. The highest BCUT2D eigenvalue weighted by Gasteiger charge is 2.08. The second kappa shape index (κ2) is 5.86. The van der Waals surface area contributed by atoms with E-state index in [2.05, 4.69) is 0 Å². The summed E-state index contributed by atoms with van der Waals surface area (Å²) in [7, 11) is 3.73. The summed E-state index contributed by atoms with van der Waals surface area (Å²) in [4.78, 5) is 13.6. The van der Waals surface area contributed by atoms with Crippen LogP contribution in [0.1, 0.15) is 10.4 Å². The summed E-state index contributed by atoms with van der Waals surface area (Å²) in [6.07, 6.45) is 0. The number of nitrogens with zero attached hydrogens (tertiary/aromatic N) is 1. The normalized spacial score (nSPS) is 9.88. The molecule has 0 aliphatic carbocycles. The quantitative estimate of drug-likeness (QED) is 0.508. The number of hydrogen-bond acceptors (Lipinski definition) is 4. The molecular weight excluding hydrogens is 240 g/mol. The van der Waals surface area contributed by atoms with Crippen molar-refractivity contribution in [3.63, 3.8) is 0 Å². The molecule has 5 heteroatoms. The van der Waals surface area contributed by atoms with Crippen molar-refractivity contribution in [2.75, 3.05) is 25.6 Å². The second-order valence-corrected chi connectivity index (χ2v) is 5.10. The van der Waals surface area contributed by atoms with Gasteiger partial charge in [0, 0.05) is 25.3 Å². The first-order valence-corrected chi connectivity index (χ1v) is 6.13. The van der Waals surface area contributed by atoms with E-state index in [1.54, 1.807) is 24.3 Å². The van der Waals surface area contributed by atoms with E-state index in [1.165, 1.54) is 11.8 Å². The van der Waals surface area contributed by atoms with Crippen LogP contribution in [0.3, 0.4) is 0 Å². The molecule has 0 atom stereocenters. The zero-order chi connectivity index (χ0) is 12.1. The number of hydrogen-bond donors (Lipinski definition) is 1. The minimum atomic E-state index is 0.0641. The molecule has 1 aromatic rings. The minimum absolute atomic E-state index is 0.0641. The molecule has 0 unspecified atom stereocenters. The molecular formula is C11H14N2OS2. The molecule has 0 heterocycles. The lowest BCUT2D eigenvalue weighted by Gasteiger charge is -2.11. The van der Waals surface area contributed by atoms with Crippen LogP contribution in [-0.4, -0.2) is 34.9 Å². The van der Waals surface area contributed by atoms with Gasteiger partial charge >= 0.3 is 0 Å². The van der Waals surface area contributed by atoms with Crippen LogP contribution in [0.4, 0.5) is 5.69 Å². The first-order chi connectivity index (χ1) is 7.50. The standard InChI is InChI=1S/C11H14N2OS2/c1-13(2)11(15)16-7-10(14)8-3-5-9(12)6-4-8/h3-6H,7,12H2,1-2H3. The third kappa shape index (κ3) is 3.83. The third-order valence-electron chi connectivity index (χ3n) is 1.92. The molecule has 0 aliphatic heterocycles. The van der Waals surface area contributed by atoms with Crippen LogP contribution in [0.2, 0.25) is 0 Å². The Kier molecular flexibility index (Phi) is 4.76. The number of benzene rings is 1. The number of thioether (sulfide) groups is 1. The Morgan fingerprint density at radius 2 is 1.94 bits per heavy atom. The smallest absolute Gasteiger partial charge is 0.173 e. The van der Waals surface area contributed by atoms with Gasteiger partial charge in [0.2, 0.25) is 0 Å². The summed E-state index contributed by atoms with van der Waals surface area (Å²) in [5, 5.41) is 0. The molecule has 1 rings (SSSR count). The van der Waals surface area contributed by atoms with Gasteiger partial charge in [-0.2, -0.15) is 0 Å². The van der Waals surface area contributed by atoms with Crippen LogP contribution in [0.25, 0.3) is 0 Å². The van der Waals surface area contributed by atoms with Gasteiger partial charge < -0.3 is 10.6 Å². The van der Waals surface area contributed by atoms with Crippen molar-refractivity contribution in [1.82, 2.24) is 4.90 Å². The zero-order valence-corrected chi connectivity index (χ0v) is 10.9. The predicted octanol–water partition coefficient (Wildman–Crippen LogP) is 2.03. The number of carbonyl (C=O) groups excluding carboxylic acids is 1. The van der Waals surface area contributed by atoms with Gasteiger partial charge in [-0.25, -0.2) is 0 Å². The first kappa shape index (κ1) is 13.0. The van der Waals surface area contributed by atoms with Gasteiger partial charge in [-0.05, 0) is 24.3 Å². The van der Waals surface area contributed by atoms with Crippen molar-refractivity contribution >= 4 is 39.8 Å². The number of rotatable bonds is 3. The highest BCUT2D eigenvalue weighted by atomic mass is 32.2. The average molecular weight is 254 g/mol. The molecule has 3 nitrogen and oxygen atoms in total. The molecule has 0 bridgehead atoms. The fourth-order valence-corrected chi connectivity index (χ4v) is 1.86. The van der Waals surface area contributed by atoms with E-state index in [9.17, 15) is 4.79 Å². The van der Waals surface area contributed by atoms with E-state index in [-0.39, 0.29) is 5.78 Å². The highest BCUT2D eigenvalue weighted by Crippen LogP contribution is 2.12. The van der Waals surface area contributed by atoms with Crippen LogP contribution < -0.4 is 5.73 Å². The third-order valence-corrected chi connectivity index (χ3v) is 3.66. The summed E-state index contributed by atoms with van der Waals surface area (Å²) in [5.74, 6) is 0.426. The lowest BCUT2D eigenvalue weighted by molar-refractivity contribution is 0.102. The Hall–Kier alpha value is -1.07. The molecule has 0 amide bonds. The van der Waals surface area contributed by atoms with Gasteiger partial charge in [0.05, 0.1) is 5.75 Å². The molecule has 16 heavy (non-hydrogen) atoms. The Morgan fingerprint density at radius 3 is 2.44 bits per heavy atom. The van der Waals surface area contributed by atoms with Crippen LogP contribution in [0.5, 0.6) is 0 Å². The Balaban J connectivity index is 2.53. The van der Waals surface area contributed by atoms with Crippen molar-refractivity contribution < 1.29 is 4.79 Å². The maximum atomic E-state index is 11.7. The summed E-state index contributed by atoms with van der Waals surface area (Å²) < 4.78 is 0.712. The van der Waals surface area contributed by atoms with E-state index in [0.717, 1.165) is 0 Å². The number of nitrogen functional groups attached to an aromatic ring is 1. The summed E-state index contributed by atoms with van der Waals surface area (Å²) in [6.45, 7) is 0. The van der Waals surface area contributed by atoms with Crippen LogP contribution in [0, 0.1) is 0 Å². The maximum Gasteiger partial charge on any atom is 0.173 e.